The third-order valence-corrected chi connectivity index (χ3v) is 1.69. The Morgan fingerprint density at radius 2 is 2.00 bits per heavy atom. The number of aromatic hydroxyl groups is 1. The van der Waals surface area contributed by atoms with Crippen molar-refractivity contribution in [2.75, 3.05) is 0 Å². The second-order valence-electron chi connectivity index (χ2n) is 2.95. The van der Waals surface area contributed by atoms with Crippen LogP contribution < -0.4 is 5.32 Å². The molecule has 0 aliphatic heterocycles. The normalized spacial score (nSPS) is 11.8. The van der Waals surface area contributed by atoms with Crippen LogP contribution in [0.5, 0.6) is 5.75 Å². The van der Waals surface area contributed by atoms with E-state index >= 15 is 0 Å². The van der Waals surface area contributed by atoms with Gasteiger partial charge in [0.1, 0.15) is 12.0 Å². The number of aldehydes is 1. The third-order valence-electron chi connectivity index (χ3n) is 1.69. The molecule has 2 N–H and O–H groups in total. The number of phenolic OH excluding ortho intramolecular Hbond substituents is 1. The Morgan fingerprint density at radius 3 is 2.50 bits per heavy atom. The number of rotatable bonds is 3. The zero-order valence-electron chi connectivity index (χ0n) is 7.73. The molecule has 14 heavy (non-hydrogen) atoms. The fourth-order valence-corrected chi connectivity index (χ4v) is 0.937. The molecule has 0 heterocycles. The molecule has 0 aliphatic rings. The van der Waals surface area contributed by atoms with Gasteiger partial charge in [-0.05, 0) is 31.2 Å². The first-order valence-corrected chi connectivity index (χ1v) is 4.18. The summed E-state index contributed by atoms with van der Waals surface area (Å²) in [5.41, 5.74) is 0.413. The molecule has 1 rings (SSSR count). The largest absolute Gasteiger partial charge is 0.508 e. The van der Waals surface area contributed by atoms with Crippen molar-refractivity contribution in [1.82, 2.24) is 5.32 Å². The van der Waals surface area contributed by atoms with Crippen molar-refractivity contribution >= 4 is 12.2 Å². The Labute approximate surface area is 81.6 Å². The van der Waals surface area contributed by atoms with Crippen LogP contribution in [-0.2, 0) is 4.79 Å². The predicted molar refractivity (Wildman–Crippen MR) is 51.1 cm³/mol. The van der Waals surface area contributed by atoms with Gasteiger partial charge in [0.15, 0.2) is 0 Å². The average Bonchev–Trinajstić information content (AvgIpc) is 2.18. The number of hydrogen-bond donors (Lipinski definition) is 2. The van der Waals surface area contributed by atoms with Gasteiger partial charge in [0.25, 0.3) is 5.91 Å². The van der Waals surface area contributed by atoms with Gasteiger partial charge in [-0.1, -0.05) is 0 Å². The maximum atomic E-state index is 11.4. The minimum absolute atomic E-state index is 0.102. The average molecular weight is 193 g/mol. The molecule has 1 aromatic rings. The molecule has 0 aromatic heterocycles. The highest BCUT2D eigenvalue weighted by Crippen LogP contribution is 2.09. The number of carbonyl (C=O) groups excluding carboxylic acids is 2. The maximum absolute atomic E-state index is 11.4. The number of amides is 1. The van der Waals surface area contributed by atoms with Gasteiger partial charge < -0.3 is 15.2 Å². The second kappa shape index (κ2) is 4.41. The molecule has 4 nitrogen and oxygen atoms in total. The quantitative estimate of drug-likeness (QED) is 0.695. The molecule has 0 radical (unpaired) electrons. The predicted octanol–water partition coefficient (Wildman–Crippen LogP) is 0.709. The third kappa shape index (κ3) is 2.58. The van der Waals surface area contributed by atoms with Crippen LogP contribution in [0.25, 0.3) is 0 Å². The van der Waals surface area contributed by atoms with Crippen LogP contribution in [0.1, 0.15) is 17.3 Å². The van der Waals surface area contributed by atoms with E-state index in [0.29, 0.717) is 11.8 Å². The van der Waals surface area contributed by atoms with Gasteiger partial charge in [0.2, 0.25) is 0 Å². The lowest BCUT2D eigenvalue weighted by atomic mass is 10.2. The van der Waals surface area contributed by atoms with Gasteiger partial charge in [-0.25, -0.2) is 0 Å². The van der Waals surface area contributed by atoms with Crippen molar-refractivity contribution in [2.45, 2.75) is 13.0 Å². The summed E-state index contributed by atoms with van der Waals surface area (Å²) in [5.74, 6) is -0.227. The number of carbonyl (C=O) groups is 2. The highest BCUT2D eigenvalue weighted by Gasteiger charge is 2.07. The van der Waals surface area contributed by atoms with E-state index in [1.165, 1.54) is 24.3 Å². The van der Waals surface area contributed by atoms with E-state index in [1.54, 1.807) is 6.92 Å². The summed E-state index contributed by atoms with van der Waals surface area (Å²) >= 11 is 0. The molecule has 0 saturated heterocycles. The van der Waals surface area contributed by atoms with Crippen molar-refractivity contribution in [3.8, 4) is 5.75 Å². The highest BCUT2D eigenvalue weighted by atomic mass is 16.3. The maximum Gasteiger partial charge on any atom is 0.251 e. The van der Waals surface area contributed by atoms with Gasteiger partial charge >= 0.3 is 0 Å². The fraction of sp³-hybridized carbons (Fsp3) is 0.200. The summed E-state index contributed by atoms with van der Waals surface area (Å²) in [6, 6.07) is 5.31. The van der Waals surface area contributed by atoms with E-state index in [1.807, 2.05) is 0 Å². The Balaban J connectivity index is 2.70. The van der Waals surface area contributed by atoms with E-state index < -0.39 is 6.04 Å². The first-order valence-electron chi connectivity index (χ1n) is 4.18. The molecule has 0 bridgehead atoms. The molecule has 0 aliphatic carbocycles. The van der Waals surface area contributed by atoms with E-state index in [0.717, 1.165) is 0 Å². The monoisotopic (exact) mass is 193 g/mol. The molecule has 1 atom stereocenters. The van der Waals surface area contributed by atoms with Crippen LogP contribution in [0.3, 0.4) is 0 Å². The minimum Gasteiger partial charge on any atom is -0.508 e. The van der Waals surface area contributed by atoms with Crippen LogP contribution >= 0.6 is 0 Å². The molecular formula is C10H11NO3. The summed E-state index contributed by atoms with van der Waals surface area (Å²) in [6.07, 6.45) is 0.651. The Kier molecular flexibility index (Phi) is 3.23. The topological polar surface area (TPSA) is 66.4 Å². The zero-order valence-corrected chi connectivity index (χ0v) is 7.73. The molecular weight excluding hydrogens is 182 g/mol. The van der Waals surface area contributed by atoms with Crippen molar-refractivity contribution in [3.63, 3.8) is 0 Å². The lowest BCUT2D eigenvalue weighted by molar-refractivity contribution is -0.109. The smallest absolute Gasteiger partial charge is 0.251 e. The van der Waals surface area contributed by atoms with Gasteiger partial charge in [-0.2, -0.15) is 0 Å². The summed E-state index contributed by atoms with van der Waals surface area (Å²) in [5, 5.41) is 11.5. The van der Waals surface area contributed by atoms with Gasteiger partial charge in [0, 0.05) is 5.56 Å². The van der Waals surface area contributed by atoms with Crippen molar-refractivity contribution < 1.29 is 14.7 Å². The molecule has 1 aromatic carbocycles. The lowest BCUT2D eigenvalue weighted by Gasteiger charge is -2.06. The SMILES string of the molecule is C[C@@H](C=O)NC(=O)c1ccc(O)cc1. The minimum atomic E-state index is -0.503. The summed E-state index contributed by atoms with van der Waals surface area (Å²) < 4.78 is 0. The molecule has 0 fully saturated rings. The van der Waals surface area contributed by atoms with Gasteiger partial charge in [0.05, 0.1) is 6.04 Å². The van der Waals surface area contributed by atoms with Crippen LogP contribution in [0.15, 0.2) is 24.3 Å². The molecule has 4 heteroatoms. The molecule has 0 unspecified atom stereocenters. The van der Waals surface area contributed by atoms with E-state index in [9.17, 15) is 9.59 Å². The Morgan fingerprint density at radius 1 is 1.43 bits per heavy atom. The first kappa shape index (κ1) is 10.2. The fourth-order valence-electron chi connectivity index (χ4n) is 0.937. The van der Waals surface area contributed by atoms with Crippen molar-refractivity contribution in [1.29, 1.82) is 0 Å². The van der Waals surface area contributed by atoms with Crippen LogP contribution in [-0.4, -0.2) is 23.3 Å². The Bertz CT molecular complexity index is 332. The zero-order chi connectivity index (χ0) is 10.6. The number of phenols is 1. The second-order valence-corrected chi connectivity index (χ2v) is 2.95. The van der Waals surface area contributed by atoms with Crippen LogP contribution in [0.4, 0.5) is 0 Å². The van der Waals surface area contributed by atoms with Gasteiger partial charge in [-0.15, -0.1) is 0 Å². The van der Waals surface area contributed by atoms with Crippen LogP contribution in [0.2, 0.25) is 0 Å². The van der Waals surface area contributed by atoms with E-state index in [-0.39, 0.29) is 11.7 Å². The summed E-state index contributed by atoms with van der Waals surface area (Å²) in [7, 11) is 0. The first-order chi connectivity index (χ1) is 6.63. The number of benzene rings is 1. The summed E-state index contributed by atoms with van der Waals surface area (Å²) in [6.45, 7) is 1.59. The van der Waals surface area contributed by atoms with Crippen molar-refractivity contribution in [3.05, 3.63) is 29.8 Å². The number of hydrogen-bond acceptors (Lipinski definition) is 3. The van der Waals surface area contributed by atoms with Crippen molar-refractivity contribution in [2.24, 2.45) is 0 Å². The number of nitrogens with one attached hydrogen (secondary N) is 1. The van der Waals surface area contributed by atoms with Crippen LogP contribution in [0, 0.1) is 0 Å². The molecule has 74 valence electrons. The Hall–Kier alpha value is -1.84. The molecule has 1 amide bonds. The lowest BCUT2D eigenvalue weighted by Crippen LogP contribution is -2.33. The highest BCUT2D eigenvalue weighted by molar-refractivity contribution is 5.95. The molecule has 0 spiro atoms. The standard InChI is InChI=1S/C10H11NO3/c1-7(6-12)11-10(14)8-2-4-9(13)5-3-8/h2-7,13H,1H3,(H,11,14)/t7-/m0/s1. The molecule has 0 saturated carbocycles. The summed E-state index contributed by atoms with van der Waals surface area (Å²) in [4.78, 5) is 21.6. The van der Waals surface area contributed by atoms with E-state index in [4.69, 9.17) is 5.11 Å². The van der Waals surface area contributed by atoms with Gasteiger partial charge in [-0.3, -0.25) is 4.79 Å². The van der Waals surface area contributed by atoms with E-state index in [2.05, 4.69) is 5.32 Å².